The second-order valence-electron chi connectivity index (χ2n) is 7.50. The van der Waals surface area contributed by atoms with Crippen molar-refractivity contribution in [3.8, 4) is 0 Å². The molecule has 1 aromatic heterocycles. The summed E-state index contributed by atoms with van der Waals surface area (Å²) in [5.74, 6) is 0.00381. The molecule has 2 atom stereocenters. The Kier molecular flexibility index (Phi) is 5.13. The van der Waals surface area contributed by atoms with E-state index in [2.05, 4.69) is 11.8 Å². The van der Waals surface area contributed by atoms with E-state index >= 15 is 0 Å². The summed E-state index contributed by atoms with van der Waals surface area (Å²) in [4.78, 5) is 17.2. The molecule has 2 aromatic carbocycles. The van der Waals surface area contributed by atoms with Gasteiger partial charge in [-0.15, -0.1) is 0 Å². The highest BCUT2D eigenvalue weighted by molar-refractivity contribution is 6.31. The molecule has 0 saturated carbocycles. The zero-order chi connectivity index (χ0) is 19.8. The minimum Gasteiger partial charge on any atom is -0.451 e. The zero-order valence-corrected chi connectivity index (χ0v) is 16.6. The Morgan fingerprint density at radius 1 is 1.11 bits per heavy atom. The van der Waals surface area contributed by atoms with Gasteiger partial charge in [0.05, 0.1) is 0 Å². The van der Waals surface area contributed by atoms with Crippen LogP contribution in [0.25, 0.3) is 11.0 Å². The van der Waals surface area contributed by atoms with Crippen LogP contribution in [0.15, 0.2) is 52.9 Å². The average Bonchev–Trinajstić information content (AvgIpc) is 3.09. The van der Waals surface area contributed by atoms with Gasteiger partial charge < -0.3 is 9.32 Å². The van der Waals surface area contributed by atoms with Crippen molar-refractivity contribution in [2.75, 3.05) is 13.1 Å². The van der Waals surface area contributed by atoms with E-state index in [1.165, 1.54) is 12.1 Å². The predicted octanol–water partition coefficient (Wildman–Crippen LogP) is 4.96. The molecular formula is C22H22ClFN2O2. The smallest absolute Gasteiger partial charge is 0.289 e. The third kappa shape index (κ3) is 3.77. The van der Waals surface area contributed by atoms with Crippen LogP contribution in [0.3, 0.4) is 0 Å². The molecule has 0 aliphatic carbocycles. The zero-order valence-electron chi connectivity index (χ0n) is 15.9. The molecular weight excluding hydrogens is 379 g/mol. The Morgan fingerprint density at radius 2 is 1.86 bits per heavy atom. The Balaban J connectivity index is 1.48. The lowest BCUT2D eigenvalue weighted by Crippen LogP contribution is -2.57. The summed E-state index contributed by atoms with van der Waals surface area (Å²) in [6.45, 7) is 6.24. The highest BCUT2D eigenvalue weighted by Crippen LogP contribution is 2.26. The second kappa shape index (κ2) is 7.57. The monoisotopic (exact) mass is 400 g/mol. The maximum atomic E-state index is 13.1. The first-order chi connectivity index (χ1) is 13.4. The number of furan rings is 1. The number of carbonyl (C=O) groups is 1. The highest BCUT2D eigenvalue weighted by atomic mass is 35.5. The van der Waals surface area contributed by atoms with E-state index < -0.39 is 0 Å². The molecule has 4 nitrogen and oxygen atoms in total. The number of rotatable bonds is 3. The lowest BCUT2D eigenvalue weighted by Gasteiger charge is -2.43. The Morgan fingerprint density at radius 3 is 2.61 bits per heavy atom. The number of hydrogen-bond donors (Lipinski definition) is 0. The van der Waals surface area contributed by atoms with Gasteiger partial charge in [-0.25, -0.2) is 4.39 Å². The van der Waals surface area contributed by atoms with Crippen molar-refractivity contribution in [2.24, 2.45) is 0 Å². The van der Waals surface area contributed by atoms with Gasteiger partial charge in [0.2, 0.25) is 0 Å². The van der Waals surface area contributed by atoms with E-state index in [0.29, 0.717) is 22.9 Å². The minimum absolute atomic E-state index is 0.0425. The predicted molar refractivity (Wildman–Crippen MR) is 108 cm³/mol. The summed E-state index contributed by atoms with van der Waals surface area (Å²) in [6.07, 6.45) is 0. The molecule has 6 heteroatoms. The third-order valence-corrected chi connectivity index (χ3v) is 5.60. The molecule has 0 unspecified atom stereocenters. The summed E-state index contributed by atoms with van der Waals surface area (Å²) in [7, 11) is 0. The summed E-state index contributed by atoms with van der Waals surface area (Å²) < 4.78 is 18.9. The van der Waals surface area contributed by atoms with Gasteiger partial charge in [0.1, 0.15) is 11.4 Å². The van der Waals surface area contributed by atoms with E-state index in [4.69, 9.17) is 16.0 Å². The number of fused-ring (bicyclic) bond motifs is 1. The molecule has 2 heterocycles. The van der Waals surface area contributed by atoms with Gasteiger partial charge >= 0.3 is 0 Å². The van der Waals surface area contributed by atoms with Crippen LogP contribution in [-0.4, -0.2) is 40.9 Å². The minimum atomic E-state index is -0.229. The number of carbonyl (C=O) groups excluding carboxylic acids is 1. The topological polar surface area (TPSA) is 36.7 Å². The van der Waals surface area contributed by atoms with E-state index in [1.54, 1.807) is 24.3 Å². The summed E-state index contributed by atoms with van der Waals surface area (Å²) in [5, 5.41) is 1.44. The molecule has 1 amide bonds. The van der Waals surface area contributed by atoms with E-state index in [9.17, 15) is 9.18 Å². The molecule has 0 bridgehead atoms. The summed E-state index contributed by atoms with van der Waals surface area (Å²) in [6, 6.07) is 13.9. The molecule has 3 aromatic rings. The normalized spacial score (nSPS) is 20.6. The molecule has 0 N–H and O–H groups in total. The quantitative estimate of drug-likeness (QED) is 0.623. The molecule has 1 fully saturated rings. The summed E-state index contributed by atoms with van der Waals surface area (Å²) in [5.41, 5.74) is 1.72. The first-order valence-electron chi connectivity index (χ1n) is 9.39. The van der Waals surface area contributed by atoms with Gasteiger partial charge in [-0.1, -0.05) is 23.7 Å². The van der Waals surface area contributed by atoms with Crippen LogP contribution in [0.5, 0.6) is 0 Å². The van der Waals surface area contributed by atoms with Gasteiger partial charge in [0.25, 0.3) is 5.91 Å². The Bertz CT molecular complexity index is 1000. The van der Waals surface area contributed by atoms with E-state index in [-0.39, 0.29) is 23.8 Å². The van der Waals surface area contributed by atoms with Crippen molar-refractivity contribution >= 4 is 28.5 Å². The second-order valence-corrected chi connectivity index (χ2v) is 7.94. The summed E-state index contributed by atoms with van der Waals surface area (Å²) >= 11 is 6.03. The van der Waals surface area contributed by atoms with E-state index in [0.717, 1.165) is 24.0 Å². The fourth-order valence-electron chi connectivity index (χ4n) is 3.79. The van der Waals surface area contributed by atoms with Crippen LogP contribution in [0.2, 0.25) is 5.02 Å². The fourth-order valence-corrected chi connectivity index (χ4v) is 3.97. The van der Waals surface area contributed by atoms with Crippen LogP contribution in [0.1, 0.15) is 30.0 Å². The van der Waals surface area contributed by atoms with Crippen LogP contribution < -0.4 is 0 Å². The molecule has 0 radical (unpaired) electrons. The van der Waals surface area contributed by atoms with Crippen LogP contribution >= 0.6 is 11.6 Å². The van der Waals surface area contributed by atoms with Crippen LogP contribution in [0, 0.1) is 5.82 Å². The molecule has 28 heavy (non-hydrogen) atoms. The molecule has 4 rings (SSSR count). The third-order valence-electron chi connectivity index (χ3n) is 5.36. The number of benzene rings is 2. The molecule has 1 saturated heterocycles. The standard InChI is InChI=1S/C22H22ClFN2O2/c1-14-12-26(15(2)11-25(14)13-16-3-6-19(24)7-4-16)22(27)21-10-17-9-18(23)5-8-20(17)28-21/h3-10,14-15H,11-13H2,1-2H3/t14-,15+/m0/s1. The average molecular weight is 401 g/mol. The lowest BCUT2D eigenvalue weighted by molar-refractivity contribution is 0.0269. The van der Waals surface area contributed by atoms with Gasteiger partial charge in [0.15, 0.2) is 5.76 Å². The maximum Gasteiger partial charge on any atom is 0.289 e. The van der Waals surface area contributed by atoms with Gasteiger partial charge in [-0.3, -0.25) is 9.69 Å². The SMILES string of the molecule is C[C@@H]1CN(Cc2ccc(F)cc2)[C@@H](C)CN1C(=O)c1cc2cc(Cl)ccc2o1. The van der Waals surface area contributed by atoms with E-state index in [1.807, 2.05) is 24.0 Å². The van der Waals surface area contributed by atoms with Crippen molar-refractivity contribution in [3.63, 3.8) is 0 Å². The highest BCUT2D eigenvalue weighted by Gasteiger charge is 2.33. The van der Waals surface area contributed by atoms with Gasteiger partial charge in [-0.05, 0) is 55.8 Å². The number of nitrogens with zero attached hydrogens (tertiary/aromatic N) is 2. The molecule has 1 aliphatic rings. The molecule has 1 aliphatic heterocycles. The maximum absolute atomic E-state index is 13.1. The van der Waals surface area contributed by atoms with Gasteiger partial charge in [0, 0.05) is 42.1 Å². The largest absolute Gasteiger partial charge is 0.451 e. The first-order valence-corrected chi connectivity index (χ1v) is 9.77. The number of amides is 1. The number of halogens is 2. The van der Waals surface area contributed by atoms with Gasteiger partial charge in [-0.2, -0.15) is 0 Å². The van der Waals surface area contributed by atoms with Crippen molar-refractivity contribution in [1.29, 1.82) is 0 Å². The Hall–Kier alpha value is -2.37. The van der Waals surface area contributed by atoms with Crippen molar-refractivity contribution < 1.29 is 13.6 Å². The van der Waals surface area contributed by atoms with Crippen LogP contribution in [0.4, 0.5) is 4.39 Å². The Labute approximate surface area is 168 Å². The van der Waals surface area contributed by atoms with Crippen molar-refractivity contribution in [3.05, 3.63) is 70.7 Å². The number of piperazine rings is 1. The lowest BCUT2D eigenvalue weighted by atomic mass is 10.1. The van der Waals surface area contributed by atoms with Crippen molar-refractivity contribution in [2.45, 2.75) is 32.5 Å². The fraction of sp³-hybridized carbons (Fsp3) is 0.318. The molecule has 0 spiro atoms. The van der Waals surface area contributed by atoms with Crippen LogP contribution in [-0.2, 0) is 6.54 Å². The number of hydrogen-bond acceptors (Lipinski definition) is 3. The first kappa shape index (κ1) is 19.0. The van der Waals surface area contributed by atoms with Crippen molar-refractivity contribution in [1.82, 2.24) is 9.80 Å². The molecule has 146 valence electrons.